The molecular formula is C70H74N16O8S5. The summed E-state index contributed by atoms with van der Waals surface area (Å²) >= 11 is 15.5. The number of rotatable bonds is 20. The van der Waals surface area contributed by atoms with Crippen LogP contribution >= 0.6 is 59.7 Å². The summed E-state index contributed by atoms with van der Waals surface area (Å²) in [5.74, 6) is 5.51. The van der Waals surface area contributed by atoms with Crippen LogP contribution in [-0.2, 0) is 87.3 Å². The second-order valence-corrected chi connectivity index (χ2v) is 27.2. The molecule has 0 saturated carbocycles. The fraction of sp³-hybridized carbons (Fsp3) is 0.271. The number of carbonyl (C=O) groups is 1. The lowest BCUT2D eigenvalue weighted by Gasteiger charge is -2.07. The predicted octanol–water partition coefficient (Wildman–Crippen LogP) is 9.97. The highest BCUT2D eigenvalue weighted by molar-refractivity contribution is 7.99. The van der Waals surface area contributed by atoms with Crippen molar-refractivity contribution in [3.63, 3.8) is 0 Å². The van der Waals surface area contributed by atoms with Crippen LogP contribution in [0.1, 0.15) is 69.1 Å². The molecule has 13 rings (SSSR count). The van der Waals surface area contributed by atoms with Gasteiger partial charge in [0.1, 0.15) is 55.4 Å². The molecule has 24 nitrogen and oxygen atoms in total. The van der Waals surface area contributed by atoms with Gasteiger partial charge >= 0.3 is 22.8 Å². The third-order valence-electron chi connectivity index (χ3n) is 16.2. The molecule has 8 heterocycles. The Hall–Kier alpha value is -9.94. The SMILES string of the molecule is Cc1ccc(C(=O)CCCSc2nc3c([nH]2)c(=S)n(C)c(=O)n3C)cc1.Cn1c(=O)c2[nH]c(CSCc3ccccc3)nc2n(C)c1=O.Cn1c(=O)c2[nH]c(Cc3ccc(OCc4ccccc4)cc3)nc2n(C)c1=O.Cn1c(=S)c2[nH]c(SCCCc3ccccc3)nc2n(C)c1=O. The average molecular weight is 1430 g/mol. The van der Waals surface area contributed by atoms with E-state index in [-0.39, 0.29) is 34.0 Å². The van der Waals surface area contributed by atoms with E-state index in [9.17, 15) is 33.6 Å². The molecule has 8 aromatic heterocycles. The maximum atomic E-state index is 12.3. The van der Waals surface area contributed by atoms with Crippen LogP contribution in [-0.4, -0.2) is 93.7 Å². The molecule has 0 saturated heterocycles. The van der Waals surface area contributed by atoms with Crippen LogP contribution in [0.5, 0.6) is 5.75 Å². The van der Waals surface area contributed by atoms with Gasteiger partial charge in [0.15, 0.2) is 38.7 Å². The van der Waals surface area contributed by atoms with Gasteiger partial charge in [-0.2, -0.15) is 0 Å². The number of aryl methyl sites for hydroxylation is 6. The van der Waals surface area contributed by atoms with E-state index in [1.165, 1.54) is 64.4 Å². The number of carbonyl (C=O) groups excluding carboxylic acids is 1. The second-order valence-electron chi connectivity index (χ2n) is 23.3. The molecule has 0 atom stereocenters. The summed E-state index contributed by atoms with van der Waals surface area (Å²) in [6, 6.07) is 46.0. The van der Waals surface area contributed by atoms with E-state index in [1.807, 2.05) is 110 Å². The molecule has 4 N–H and O–H groups in total. The van der Waals surface area contributed by atoms with Crippen LogP contribution in [0.4, 0.5) is 0 Å². The van der Waals surface area contributed by atoms with Crippen molar-refractivity contribution in [2.75, 3.05) is 11.5 Å². The lowest BCUT2D eigenvalue weighted by Crippen LogP contribution is -2.36. The van der Waals surface area contributed by atoms with Crippen LogP contribution in [0.3, 0.4) is 0 Å². The van der Waals surface area contributed by atoms with Crippen LogP contribution in [0.15, 0.2) is 179 Å². The number of aromatic nitrogens is 16. The standard InChI is InChI=1S/C21H20N4O3.C18H20N4O2S2.C16H18N4OS2.C15H16N4O2S/c1-24-19-18(20(26)25(2)21(24)27)22-17(23-19)12-14-8-10-16(11-9-14)28-13-15-6-4-3-5-7-15;1-11-6-8-12(9-7-11)13(23)5-4-10-26-17-19-14-15(20-17)21(2)18(24)22(3)16(14)25;1-19-13-12(14(22)20(2)16(19)21)17-15(18-13)23-10-6-9-11-7-4-3-5-8-11;1-18-13-12(14(20)19(2)15(18)21)16-11(17-13)9-22-8-10-6-4-3-5-7-10/h3-11H,12-13H2,1-2H3,(H,22,23);6-9H,4-5,10H2,1-3H3,(H,19,20);3-5,7-8H,6,9-10H2,1-2H3,(H,17,18);3-7H,8-9H2,1-2H3,(H,16,17). The third-order valence-corrected chi connectivity index (χ3v) is 20.1. The van der Waals surface area contributed by atoms with Crippen molar-refractivity contribution >= 4 is 110 Å². The van der Waals surface area contributed by atoms with Crippen LogP contribution in [0, 0.1) is 16.2 Å². The first-order valence-corrected chi connectivity index (χ1v) is 35.4. The van der Waals surface area contributed by atoms with Gasteiger partial charge in [-0.05, 0) is 60.6 Å². The Morgan fingerprint density at radius 1 is 0.444 bits per heavy atom. The smallest absolute Gasteiger partial charge is 0.332 e. The molecule has 13 aromatic rings. The number of nitrogens with one attached hydrogen (secondary N) is 4. The zero-order chi connectivity index (χ0) is 70.6. The summed E-state index contributed by atoms with van der Waals surface area (Å²) < 4.78 is 17.5. The number of H-pyrrole nitrogens is 4. The number of hydrogen-bond acceptors (Lipinski definition) is 17. The monoisotopic (exact) mass is 1430 g/mol. The fourth-order valence-electron chi connectivity index (χ4n) is 10.5. The highest BCUT2D eigenvalue weighted by atomic mass is 32.2. The van der Waals surface area contributed by atoms with E-state index in [4.69, 9.17) is 29.2 Å². The van der Waals surface area contributed by atoms with Gasteiger partial charge in [0.2, 0.25) is 0 Å². The number of aromatic amines is 4. The Kier molecular flexibility index (Phi) is 23.7. The highest BCUT2D eigenvalue weighted by Crippen LogP contribution is 2.24. The van der Waals surface area contributed by atoms with Gasteiger partial charge in [-0.1, -0.05) is 181 Å². The van der Waals surface area contributed by atoms with E-state index < -0.39 is 5.69 Å². The first kappa shape index (κ1) is 71.8. The number of fused-ring (bicyclic) bond motifs is 4. The Bertz CT molecular complexity index is 5550. The number of imidazole rings is 4. The number of benzene rings is 5. The minimum absolute atomic E-state index is 0.150. The Labute approximate surface area is 589 Å². The molecule has 0 unspecified atom stereocenters. The van der Waals surface area contributed by atoms with Gasteiger partial charge in [-0.25, -0.2) is 39.1 Å². The minimum Gasteiger partial charge on any atom is -0.489 e. The second kappa shape index (κ2) is 32.6. The summed E-state index contributed by atoms with van der Waals surface area (Å²) in [7, 11) is 12.9. The van der Waals surface area contributed by atoms with Crippen molar-refractivity contribution in [3.05, 3.63) is 256 Å². The van der Waals surface area contributed by atoms with Gasteiger partial charge in [0, 0.05) is 92.0 Å². The van der Waals surface area contributed by atoms with E-state index in [0.717, 1.165) is 84.3 Å². The zero-order valence-corrected chi connectivity index (χ0v) is 60.1. The zero-order valence-electron chi connectivity index (χ0n) is 56.0. The summed E-state index contributed by atoms with van der Waals surface area (Å²) in [5, 5.41) is 1.51. The van der Waals surface area contributed by atoms with Crippen LogP contribution in [0.25, 0.3) is 44.7 Å². The number of ether oxygens (including phenoxy) is 1. The minimum atomic E-state index is -0.393. The lowest BCUT2D eigenvalue weighted by molar-refractivity contribution is 0.0982. The van der Waals surface area contributed by atoms with Crippen molar-refractivity contribution in [1.82, 2.24) is 76.4 Å². The number of nitrogens with zero attached hydrogens (tertiary/aromatic N) is 12. The molecule has 0 aliphatic heterocycles. The van der Waals surface area contributed by atoms with Gasteiger partial charge in [-0.3, -0.25) is 50.9 Å². The number of thioether (sulfide) groups is 3. The maximum Gasteiger partial charge on any atom is 0.332 e. The average Bonchev–Trinajstić information content (AvgIpc) is 1.60. The molecular weight excluding hydrogens is 1350 g/mol. The Morgan fingerprint density at radius 3 is 1.38 bits per heavy atom. The predicted molar refractivity (Wildman–Crippen MR) is 398 cm³/mol. The summed E-state index contributed by atoms with van der Waals surface area (Å²) in [6.07, 6.45) is 3.88. The van der Waals surface area contributed by atoms with Gasteiger partial charge in [0.25, 0.3) is 11.1 Å². The summed E-state index contributed by atoms with van der Waals surface area (Å²) in [6.45, 7) is 2.52. The molecule has 0 aliphatic carbocycles. The van der Waals surface area contributed by atoms with E-state index in [2.05, 4.69) is 76.3 Å². The number of Topliss-reactive ketones (excluding diaryl/α,β-unsaturated/α-hetero) is 1. The van der Waals surface area contributed by atoms with E-state index in [1.54, 1.807) is 65.8 Å². The van der Waals surface area contributed by atoms with Crippen LogP contribution < -0.4 is 38.6 Å². The molecule has 0 fully saturated rings. The van der Waals surface area contributed by atoms with Crippen molar-refractivity contribution in [1.29, 1.82) is 0 Å². The maximum absolute atomic E-state index is 12.3. The van der Waals surface area contributed by atoms with Gasteiger partial charge in [-0.15, -0.1) is 11.8 Å². The fourth-order valence-corrected chi connectivity index (χ4v) is 13.4. The summed E-state index contributed by atoms with van der Waals surface area (Å²) in [4.78, 5) is 115. The van der Waals surface area contributed by atoms with Crippen molar-refractivity contribution < 1.29 is 9.53 Å². The molecule has 99 heavy (non-hydrogen) atoms. The lowest BCUT2D eigenvalue weighted by atomic mass is 10.1. The summed E-state index contributed by atoms with van der Waals surface area (Å²) in [5.41, 5.74) is 8.86. The largest absolute Gasteiger partial charge is 0.489 e. The third kappa shape index (κ3) is 17.1. The van der Waals surface area contributed by atoms with Crippen molar-refractivity contribution in [2.45, 2.75) is 67.5 Å². The molecule has 5 aromatic carbocycles. The van der Waals surface area contributed by atoms with Crippen molar-refractivity contribution in [2.24, 2.45) is 56.4 Å². The van der Waals surface area contributed by atoms with Gasteiger partial charge in [0.05, 0.1) is 5.75 Å². The van der Waals surface area contributed by atoms with Gasteiger partial charge < -0.3 is 24.7 Å². The molecule has 0 radical (unpaired) electrons. The van der Waals surface area contributed by atoms with Crippen molar-refractivity contribution in [3.8, 4) is 5.75 Å². The molecule has 0 spiro atoms. The first-order chi connectivity index (χ1) is 47.6. The van der Waals surface area contributed by atoms with E-state index >= 15 is 0 Å². The molecule has 0 bridgehead atoms. The molecule has 0 amide bonds. The molecule has 512 valence electrons. The first-order valence-electron chi connectivity index (χ1n) is 31.4. The highest BCUT2D eigenvalue weighted by Gasteiger charge is 2.18. The molecule has 0 aliphatic rings. The Balaban J connectivity index is 0.000000143. The number of hydrogen-bond donors (Lipinski definition) is 4. The normalized spacial score (nSPS) is 11.2. The van der Waals surface area contributed by atoms with E-state index in [0.29, 0.717) is 90.4 Å². The molecule has 29 heteroatoms. The van der Waals surface area contributed by atoms with Crippen LogP contribution in [0.2, 0.25) is 0 Å². The Morgan fingerprint density at radius 2 is 0.879 bits per heavy atom. The quantitative estimate of drug-likeness (QED) is 0.0239. The topological polar surface area (TPSA) is 283 Å². The number of ketones is 1.